The maximum Gasteiger partial charge on any atom is 0.340 e. The number of ether oxygens (including phenoxy) is 1. The van der Waals surface area contributed by atoms with Crippen molar-refractivity contribution >= 4 is 16.7 Å². The van der Waals surface area contributed by atoms with Gasteiger partial charge in [-0.3, -0.25) is 9.97 Å². The Morgan fingerprint density at radius 2 is 1.87 bits per heavy atom. The average Bonchev–Trinajstić information content (AvgIpc) is 2.62. The molecule has 2 aromatic heterocycles. The lowest BCUT2D eigenvalue weighted by Gasteiger charge is -2.13. The monoisotopic (exact) mass is 303 g/mol. The number of pyridine rings is 2. The maximum absolute atomic E-state index is 11.9. The number of nitriles is 1. The molecule has 0 radical (unpaired) electrons. The van der Waals surface area contributed by atoms with Gasteiger partial charge in [0, 0.05) is 17.8 Å². The van der Waals surface area contributed by atoms with Crippen LogP contribution < -0.4 is 0 Å². The lowest BCUT2D eigenvalue weighted by molar-refractivity contribution is 0.0602. The number of hydrogen-bond acceptors (Lipinski definition) is 5. The summed E-state index contributed by atoms with van der Waals surface area (Å²) in [6.45, 7) is 0. The number of hydrogen-bond donors (Lipinski definition) is 0. The van der Waals surface area contributed by atoms with Gasteiger partial charge in [-0.2, -0.15) is 5.26 Å². The minimum Gasteiger partial charge on any atom is -0.465 e. The van der Waals surface area contributed by atoms with Crippen molar-refractivity contribution < 1.29 is 9.53 Å². The van der Waals surface area contributed by atoms with Gasteiger partial charge in [0.2, 0.25) is 0 Å². The second-order valence-electron chi connectivity index (χ2n) is 4.91. The molecule has 0 fully saturated rings. The second-order valence-corrected chi connectivity index (χ2v) is 4.91. The SMILES string of the molecule is COC(=O)c1cnc([C@@H](C#N)c2ccccn2)c2ccccc12. The summed E-state index contributed by atoms with van der Waals surface area (Å²) in [6.07, 6.45) is 3.10. The van der Waals surface area contributed by atoms with Crippen LogP contribution in [-0.2, 0) is 4.74 Å². The van der Waals surface area contributed by atoms with Crippen molar-refractivity contribution in [1.29, 1.82) is 5.26 Å². The molecule has 112 valence electrons. The molecule has 0 unspecified atom stereocenters. The standard InChI is InChI=1S/C18H13N3O2/c1-23-18(22)15-11-21-17(13-7-3-2-6-12(13)15)14(10-19)16-8-4-5-9-20-16/h2-9,11,14H,1H3/t14-/m0/s1. The zero-order valence-electron chi connectivity index (χ0n) is 12.4. The Balaban J connectivity index is 2.23. The molecule has 0 aliphatic rings. The molecule has 5 nitrogen and oxygen atoms in total. The quantitative estimate of drug-likeness (QED) is 0.695. The van der Waals surface area contributed by atoms with Crippen LogP contribution in [0.25, 0.3) is 10.8 Å². The number of rotatable bonds is 3. The van der Waals surface area contributed by atoms with E-state index in [4.69, 9.17) is 4.74 Å². The normalized spacial score (nSPS) is 11.7. The van der Waals surface area contributed by atoms with Gasteiger partial charge in [0.05, 0.1) is 30.1 Å². The Labute approximate surface area is 133 Å². The lowest BCUT2D eigenvalue weighted by atomic mass is 9.95. The highest BCUT2D eigenvalue weighted by Gasteiger charge is 2.21. The molecule has 0 aliphatic heterocycles. The Morgan fingerprint density at radius 1 is 1.13 bits per heavy atom. The van der Waals surface area contributed by atoms with Crippen molar-refractivity contribution in [1.82, 2.24) is 9.97 Å². The van der Waals surface area contributed by atoms with Crippen molar-refractivity contribution in [2.24, 2.45) is 0 Å². The smallest absolute Gasteiger partial charge is 0.340 e. The van der Waals surface area contributed by atoms with E-state index in [-0.39, 0.29) is 0 Å². The fraction of sp³-hybridized carbons (Fsp3) is 0.111. The first-order valence-electron chi connectivity index (χ1n) is 7.02. The molecule has 0 spiro atoms. The maximum atomic E-state index is 11.9. The molecular formula is C18H13N3O2. The van der Waals surface area contributed by atoms with Crippen molar-refractivity contribution in [3.63, 3.8) is 0 Å². The number of nitrogens with zero attached hydrogens (tertiary/aromatic N) is 3. The van der Waals surface area contributed by atoms with Crippen LogP contribution in [0.2, 0.25) is 0 Å². The zero-order valence-corrected chi connectivity index (χ0v) is 12.4. The fourth-order valence-electron chi connectivity index (χ4n) is 2.53. The Kier molecular flexibility index (Phi) is 3.98. The largest absolute Gasteiger partial charge is 0.465 e. The van der Waals surface area contributed by atoms with E-state index in [9.17, 15) is 10.1 Å². The second kappa shape index (κ2) is 6.24. The topological polar surface area (TPSA) is 75.9 Å². The fourth-order valence-corrected chi connectivity index (χ4v) is 2.53. The molecule has 0 aliphatic carbocycles. The molecule has 0 amide bonds. The molecule has 3 aromatic rings. The van der Waals surface area contributed by atoms with Crippen LogP contribution in [0.5, 0.6) is 0 Å². The highest BCUT2D eigenvalue weighted by molar-refractivity contribution is 6.04. The third kappa shape index (κ3) is 2.62. The van der Waals surface area contributed by atoms with Gasteiger partial charge in [0.15, 0.2) is 0 Å². The molecule has 3 rings (SSSR count). The first kappa shape index (κ1) is 14.7. The molecule has 0 N–H and O–H groups in total. The van der Waals surface area contributed by atoms with Gasteiger partial charge in [-0.15, -0.1) is 0 Å². The van der Waals surface area contributed by atoms with Crippen molar-refractivity contribution in [3.05, 3.63) is 71.8 Å². The summed E-state index contributed by atoms with van der Waals surface area (Å²) in [7, 11) is 1.33. The van der Waals surface area contributed by atoms with Gasteiger partial charge < -0.3 is 4.74 Å². The van der Waals surface area contributed by atoms with E-state index < -0.39 is 11.9 Å². The van der Waals surface area contributed by atoms with Gasteiger partial charge in [0.25, 0.3) is 0 Å². The summed E-state index contributed by atoms with van der Waals surface area (Å²) in [5, 5.41) is 11.0. The number of esters is 1. The van der Waals surface area contributed by atoms with Gasteiger partial charge in [-0.25, -0.2) is 4.79 Å². The first-order valence-corrected chi connectivity index (χ1v) is 7.02. The first-order chi connectivity index (χ1) is 11.3. The van der Waals surface area contributed by atoms with Gasteiger partial charge in [-0.1, -0.05) is 30.3 Å². The van der Waals surface area contributed by atoms with Crippen LogP contribution in [0.4, 0.5) is 0 Å². The number of benzene rings is 1. The molecular weight excluding hydrogens is 290 g/mol. The third-order valence-corrected chi connectivity index (χ3v) is 3.62. The van der Waals surface area contributed by atoms with Crippen molar-refractivity contribution in [2.45, 2.75) is 5.92 Å². The summed E-state index contributed by atoms with van der Waals surface area (Å²) < 4.78 is 4.80. The van der Waals surface area contributed by atoms with E-state index in [1.54, 1.807) is 18.3 Å². The molecule has 1 aromatic carbocycles. The predicted molar refractivity (Wildman–Crippen MR) is 84.8 cm³/mol. The van der Waals surface area contributed by atoms with Crippen LogP contribution in [0, 0.1) is 11.3 Å². The van der Waals surface area contributed by atoms with Crippen molar-refractivity contribution in [2.75, 3.05) is 7.11 Å². The van der Waals surface area contributed by atoms with E-state index >= 15 is 0 Å². The van der Waals surface area contributed by atoms with E-state index in [0.29, 0.717) is 22.3 Å². The average molecular weight is 303 g/mol. The van der Waals surface area contributed by atoms with Crippen molar-refractivity contribution in [3.8, 4) is 6.07 Å². The molecule has 0 saturated carbocycles. The Bertz CT molecular complexity index is 901. The molecule has 0 bridgehead atoms. The Morgan fingerprint density at radius 3 is 2.52 bits per heavy atom. The molecule has 23 heavy (non-hydrogen) atoms. The predicted octanol–water partition coefficient (Wildman–Crippen LogP) is 3.07. The molecule has 0 saturated heterocycles. The van der Waals surface area contributed by atoms with E-state index in [1.807, 2.05) is 30.3 Å². The summed E-state index contributed by atoms with van der Waals surface area (Å²) in [6, 6.07) is 15.0. The van der Waals surface area contributed by atoms with Crippen LogP contribution in [-0.4, -0.2) is 23.0 Å². The number of carbonyl (C=O) groups is 1. The summed E-state index contributed by atoms with van der Waals surface area (Å²) in [4.78, 5) is 20.5. The van der Waals surface area contributed by atoms with Gasteiger partial charge in [0.1, 0.15) is 5.92 Å². The zero-order chi connectivity index (χ0) is 16.2. The highest BCUT2D eigenvalue weighted by atomic mass is 16.5. The summed E-state index contributed by atoms with van der Waals surface area (Å²) in [5.41, 5.74) is 1.58. The van der Waals surface area contributed by atoms with Crippen LogP contribution in [0.15, 0.2) is 54.9 Å². The molecule has 5 heteroatoms. The number of carbonyl (C=O) groups excluding carboxylic acids is 1. The van der Waals surface area contributed by atoms with E-state index in [0.717, 1.165) is 5.39 Å². The van der Waals surface area contributed by atoms with E-state index in [2.05, 4.69) is 16.0 Å². The molecule has 2 heterocycles. The van der Waals surface area contributed by atoms with Crippen LogP contribution >= 0.6 is 0 Å². The van der Waals surface area contributed by atoms with Crippen LogP contribution in [0.3, 0.4) is 0 Å². The highest BCUT2D eigenvalue weighted by Crippen LogP contribution is 2.29. The number of methoxy groups -OCH3 is 1. The summed E-state index contributed by atoms with van der Waals surface area (Å²) in [5.74, 6) is -1.06. The minimum absolute atomic E-state index is 0.379. The van der Waals surface area contributed by atoms with Gasteiger partial charge >= 0.3 is 5.97 Å². The molecule has 1 atom stereocenters. The minimum atomic E-state index is -0.604. The number of fused-ring (bicyclic) bond motifs is 1. The Hall–Kier alpha value is -3.26. The third-order valence-electron chi connectivity index (χ3n) is 3.62. The van der Waals surface area contributed by atoms with E-state index in [1.165, 1.54) is 13.3 Å². The number of aromatic nitrogens is 2. The lowest BCUT2D eigenvalue weighted by Crippen LogP contribution is -2.08. The van der Waals surface area contributed by atoms with Gasteiger partial charge in [-0.05, 0) is 17.5 Å². The van der Waals surface area contributed by atoms with Crippen LogP contribution in [0.1, 0.15) is 27.7 Å². The summed E-state index contributed by atoms with van der Waals surface area (Å²) >= 11 is 0.